The second kappa shape index (κ2) is 5.30. The van der Waals surface area contributed by atoms with Crippen LogP contribution in [0.1, 0.15) is 13.8 Å². The summed E-state index contributed by atoms with van der Waals surface area (Å²) in [5.41, 5.74) is 5.10. The number of hydrogen-bond donors (Lipinski definition) is 3. The van der Waals surface area contributed by atoms with Crippen molar-refractivity contribution >= 4 is 23.3 Å². The van der Waals surface area contributed by atoms with E-state index < -0.39 is 16.9 Å². The molecule has 0 aliphatic rings. The predicted molar refractivity (Wildman–Crippen MR) is 65.2 cm³/mol. The van der Waals surface area contributed by atoms with Gasteiger partial charge in [0.1, 0.15) is 11.9 Å². The van der Waals surface area contributed by atoms with Crippen LogP contribution in [0.2, 0.25) is 0 Å². The van der Waals surface area contributed by atoms with Gasteiger partial charge in [-0.05, 0) is 12.0 Å². The number of nitro groups is 1. The molecule has 0 bridgehead atoms. The fraction of sp³-hybridized carbons (Fsp3) is 0.400. The highest BCUT2D eigenvalue weighted by Crippen LogP contribution is 2.21. The van der Waals surface area contributed by atoms with E-state index in [2.05, 4.69) is 10.3 Å². The Kier molecular flexibility index (Phi) is 4.03. The quantitative estimate of drug-likeness (QED) is 0.529. The van der Waals surface area contributed by atoms with E-state index in [1.807, 2.05) is 0 Å². The van der Waals surface area contributed by atoms with Crippen LogP contribution in [-0.4, -0.2) is 27.0 Å². The van der Waals surface area contributed by atoms with Crippen LogP contribution >= 0.6 is 0 Å². The Morgan fingerprint density at radius 2 is 2.17 bits per heavy atom. The van der Waals surface area contributed by atoms with Crippen molar-refractivity contribution in [3.63, 3.8) is 0 Å². The zero-order valence-corrected chi connectivity index (χ0v) is 9.95. The molecule has 0 fully saturated rings. The number of carbonyl (C=O) groups is 1. The first-order valence-corrected chi connectivity index (χ1v) is 5.23. The van der Waals surface area contributed by atoms with Crippen molar-refractivity contribution in [1.82, 2.24) is 4.98 Å². The van der Waals surface area contributed by atoms with Gasteiger partial charge >= 0.3 is 11.7 Å². The second-order valence-corrected chi connectivity index (χ2v) is 4.06. The van der Waals surface area contributed by atoms with Gasteiger partial charge in [0, 0.05) is 6.07 Å². The number of aromatic nitrogens is 1. The predicted octanol–water partition coefficient (Wildman–Crippen LogP) is 1.09. The number of nitrogen functional groups attached to an aromatic ring is 1. The topological polar surface area (TPSA) is 131 Å². The van der Waals surface area contributed by atoms with Gasteiger partial charge in [-0.2, -0.15) is 0 Å². The number of anilines is 2. The average Bonchev–Trinajstić information content (AvgIpc) is 2.24. The van der Waals surface area contributed by atoms with E-state index in [0.29, 0.717) is 0 Å². The Bertz CT molecular complexity index is 475. The number of pyridine rings is 1. The molecule has 1 atom stereocenters. The van der Waals surface area contributed by atoms with Crippen LogP contribution in [0.4, 0.5) is 17.3 Å². The van der Waals surface area contributed by atoms with E-state index in [0.717, 1.165) is 0 Å². The van der Waals surface area contributed by atoms with Crippen molar-refractivity contribution in [3.05, 3.63) is 22.2 Å². The summed E-state index contributed by atoms with van der Waals surface area (Å²) in [5, 5.41) is 22.2. The van der Waals surface area contributed by atoms with Gasteiger partial charge < -0.3 is 16.2 Å². The highest BCUT2D eigenvalue weighted by molar-refractivity contribution is 5.77. The smallest absolute Gasteiger partial charge is 0.326 e. The first kappa shape index (κ1) is 13.7. The second-order valence-electron chi connectivity index (χ2n) is 4.06. The van der Waals surface area contributed by atoms with Crippen LogP contribution in [-0.2, 0) is 4.79 Å². The van der Waals surface area contributed by atoms with Gasteiger partial charge in [-0.15, -0.1) is 0 Å². The minimum atomic E-state index is -1.02. The molecule has 0 radical (unpaired) electrons. The number of nitrogens with zero attached hydrogens (tertiary/aromatic N) is 2. The van der Waals surface area contributed by atoms with E-state index in [1.165, 1.54) is 12.1 Å². The molecular formula is C10H14N4O4. The van der Waals surface area contributed by atoms with E-state index in [-0.39, 0.29) is 23.2 Å². The number of aliphatic carboxylic acids is 1. The Morgan fingerprint density at radius 3 is 2.56 bits per heavy atom. The van der Waals surface area contributed by atoms with Crippen molar-refractivity contribution in [3.8, 4) is 0 Å². The summed E-state index contributed by atoms with van der Waals surface area (Å²) >= 11 is 0. The van der Waals surface area contributed by atoms with Crippen molar-refractivity contribution < 1.29 is 14.8 Å². The number of rotatable bonds is 5. The van der Waals surface area contributed by atoms with Crippen LogP contribution in [0.5, 0.6) is 0 Å². The fourth-order valence-electron chi connectivity index (χ4n) is 1.38. The third-order valence-corrected chi connectivity index (χ3v) is 2.34. The van der Waals surface area contributed by atoms with E-state index in [1.54, 1.807) is 13.8 Å². The monoisotopic (exact) mass is 254 g/mol. The number of carboxylic acids is 1. The first-order chi connectivity index (χ1) is 8.32. The zero-order valence-electron chi connectivity index (χ0n) is 9.95. The molecule has 1 aromatic rings. The molecule has 0 saturated carbocycles. The van der Waals surface area contributed by atoms with Gasteiger partial charge in [-0.25, -0.2) is 9.78 Å². The molecule has 0 aliphatic heterocycles. The molecule has 0 aliphatic carbocycles. The van der Waals surface area contributed by atoms with E-state index in [9.17, 15) is 14.9 Å². The van der Waals surface area contributed by atoms with Crippen molar-refractivity contribution in [2.45, 2.75) is 19.9 Å². The molecule has 1 rings (SSSR count). The molecule has 8 heteroatoms. The Balaban J connectivity index is 2.95. The lowest BCUT2D eigenvalue weighted by Gasteiger charge is -2.18. The summed E-state index contributed by atoms with van der Waals surface area (Å²) in [7, 11) is 0. The van der Waals surface area contributed by atoms with E-state index in [4.69, 9.17) is 10.8 Å². The van der Waals surface area contributed by atoms with Crippen molar-refractivity contribution in [2.75, 3.05) is 11.1 Å². The van der Waals surface area contributed by atoms with Crippen molar-refractivity contribution in [2.24, 2.45) is 5.92 Å². The maximum atomic E-state index is 11.0. The van der Waals surface area contributed by atoms with Gasteiger partial charge in [0.25, 0.3) is 0 Å². The molecule has 0 spiro atoms. The normalized spacial score (nSPS) is 12.2. The lowest BCUT2D eigenvalue weighted by atomic mass is 10.1. The maximum absolute atomic E-state index is 11.0. The zero-order chi connectivity index (χ0) is 13.9. The van der Waals surface area contributed by atoms with Gasteiger partial charge in [0.15, 0.2) is 0 Å². The third kappa shape index (κ3) is 3.06. The van der Waals surface area contributed by atoms with E-state index >= 15 is 0 Å². The SMILES string of the molecule is CC(C)C(Nc1ccc([N+](=O)[O-])c(N)n1)C(=O)O. The van der Waals surface area contributed by atoms with Crippen LogP contribution in [0, 0.1) is 16.0 Å². The number of nitrogens with two attached hydrogens (primary N) is 1. The summed E-state index contributed by atoms with van der Waals surface area (Å²) in [6.45, 7) is 3.47. The summed E-state index contributed by atoms with van der Waals surface area (Å²) in [6.07, 6.45) is 0. The Morgan fingerprint density at radius 1 is 1.56 bits per heavy atom. The summed E-state index contributed by atoms with van der Waals surface area (Å²) in [6, 6.07) is 1.68. The standard InChI is InChI=1S/C10H14N4O4/c1-5(2)8(10(15)16)12-7-4-3-6(14(17)18)9(11)13-7/h3-5,8H,1-2H3,(H,15,16)(H3,11,12,13). The third-order valence-electron chi connectivity index (χ3n) is 2.34. The van der Waals surface area contributed by atoms with Crippen LogP contribution in [0.3, 0.4) is 0 Å². The fourth-order valence-corrected chi connectivity index (χ4v) is 1.38. The lowest BCUT2D eigenvalue weighted by molar-refractivity contribution is -0.384. The summed E-state index contributed by atoms with van der Waals surface area (Å²) in [5.74, 6) is -1.25. The highest BCUT2D eigenvalue weighted by atomic mass is 16.6. The number of hydrogen-bond acceptors (Lipinski definition) is 6. The van der Waals surface area contributed by atoms with Gasteiger partial charge in [0.05, 0.1) is 4.92 Å². The molecule has 0 amide bonds. The molecule has 0 aromatic carbocycles. The lowest BCUT2D eigenvalue weighted by Crippen LogP contribution is -2.34. The summed E-state index contributed by atoms with van der Waals surface area (Å²) in [4.78, 5) is 24.6. The van der Waals surface area contributed by atoms with Gasteiger partial charge in [-0.1, -0.05) is 13.8 Å². The van der Waals surface area contributed by atoms with Crippen LogP contribution in [0.25, 0.3) is 0 Å². The Labute approximate surface area is 103 Å². The number of nitrogens with one attached hydrogen (secondary N) is 1. The molecule has 1 heterocycles. The molecule has 8 nitrogen and oxygen atoms in total. The summed E-state index contributed by atoms with van der Waals surface area (Å²) < 4.78 is 0. The average molecular weight is 254 g/mol. The minimum Gasteiger partial charge on any atom is -0.480 e. The molecule has 1 aromatic heterocycles. The molecule has 4 N–H and O–H groups in total. The molecule has 98 valence electrons. The van der Waals surface area contributed by atoms with Crippen molar-refractivity contribution in [1.29, 1.82) is 0 Å². The first-order valence-electron chi connectivity index (χ1n) is 5.23. The molecule has 18 heavy (non-hydrogen) atoms. The largest absolute Gasteiger partial charge is 0.480 e. The highest BCUT2D eigenvalue weighted by Gasteiger charge is 2.22. The van der Waals surface area contributed by atoms with Crippen LogP contribution < -0.4 is 11.1 Å². The molecule has 1 unspecified atom stereocenters. The van der Waals surface area contributed by atoms with Crippen LogP contribution in [0.15, 0.2) is 12.1 Å². The molecule has 0 saturated heterocycles. The number of carboxylic acid groups (broad SMARTS) is 1. The van der Waals surface area contributed by atoms with Gasteiger partial charge in [-0.3, -0.25) is 10.1 Å². The van der Waals surface area contributed by atoms with Gasteiger partial charge in [0.2, 0.25) is 5.82 Å². The Hall–Kier alpha value is -2.38. The molecular weight excluding hydrogens is 240 g/mol. The minimum absolute atomic E-state index is 0.166. The maximum Gasteiger partial charge on any atom is 0.326 e.